The van der Waals surface area contributed by atoms with Gasteiger partial charge in [-0.05, 0) is 44.4 Å². The van der Waals surface area contributed by atoms with Crippen molar-refractivity contribution in [2.75, 3.05) is 11.3 Å². The number of hydrogen-bond acceptors (Lipinski definition) is 3. The van der Waals surface area contributed by atoms with E-state index in [0.29, 0.717) is 18.3 Å². The van der Waals surface area contributed by atoms with Gasteiger partial charge in [-0.3, -0.25) is 4.72 Å². The van der Waals surface area contributed by atoms with Gasteiger partial charge in [0.25, 0.3) is 0 Å². The Morgan fingerprint density at radius 3 is 2.74 bits per heavy atom. The van der Waals surface area contributed by atoms with Crippen molar-refractivity contribution in [3.8, 4) is 0 Å². The van der Waals surface area contributed by atoms with Gasteiger partial charge in [0.1, 0.15) is 0 Å². The number of rotatable bonds is 6. The average Bonchev–Trinajstić information content (AvgIpc) is 3.15. The Morgan fingerprint density at radius 2 is 2.11 bits per heavy atom. The Hall–Kier alpha value is -0.590. The van der Waals surface area contributed by atoms with Crippen LogP contribution < -0.4 is 10.0 Å². The minimum atomic E-state index is -3.35. The summed E-state index contributed by atoms with van der Waals surface area (Å²) in [6.45, 7) is 4.10. The summed E-state index contributed by atoms with van der Waals surface area (Å²) in [7, 11) is -3.35. The van der Waals surface area contributed by atoms with E-state index in [1.165, 1.54) is 0 Å². The normalized spacial score (nSPS) is 17.2. The second kappa shape index (κ2) is 5.81. The summed E-state index contributed by atoms with van der Waals surface area (Å²) >= 11 is 3.40. The van der Waals surface area contributed by atoms with Crippen molar-refractivity contribution >= 4 is 31.6 Å². The summed E-state index contributed by atoms with van der Waals surface area (Å²) in [5.74, 6) is 0. The molecule has 19 heavy (non-hydrogen) atoms. The average molecular weight is 347 g/mol. The third-order valence-electron chi connectivity index (χ3n) is 3.32. The van der Waals surface area contributed by atoms with Gasteiger partial charge in [-0.15, -0.1) is 0 Å². The third-order valence-corrected chi connectivity index (χ3v) is 5.91. The molecule has 0 heterocycles. The van der Waals surface area contributed by atoms with Crippen molar-refractivity contribution in [1.82, 2.24) is 5.32 Å². The maximum atomic E-state index is 12.2. The molecule has 1 fully saturated rings. The maximum Gasteiger partial charge on any atom is 0.236 e. The number of nitrogens with one attached hydrogen (secondary N) is 2. The van der Waals surface area contributed by atoms with E-state index in [1.54, 1.807) is 13.0 Å². The van der Waals surface area contributed by atoms with E-state index >= 15 is 0 Å². The molecule has 6 heteroatoms. The summed E-state index contributed by atoms with van der Waals surface area (Å²) in [5.41, 5.74) is 1.53. The molecule has 0 bridgehead atoms. The summed E-state index contributed by atoms with van der Waals surface area (Å²) in [5, 5.41) is 2.79. The van der Waals surface area contributed by atoms with Crippen molar-refractivity contribution < 1.29 is 8.42 Å². The molecule has 1 aromatic carbocycles. The van der Waals surface area contributed by atoms with Crippen LogP contribution in [0.3, 0.4) is 0 Å². The highest BCUT2D eigenvalue weighted by atomic mass is 79.9. The Kier molecular flexibility index (Phi) is 4.53. The second-order valence-corrected chi connectivity index (χ2v) is 8.01. The zero-order valence-electron chi connectivity index (χ0n) is 11.1. The Balaban J connectivity index is 2.04. The number of hydrogen-bond donors (Lipinski definition) is 2. The molecule has 0 spiro atoms. The van der Waals surface area contributed by atoms with Crippen molar-refractivity contribution in [1.29, 1.82) is 0 Å². The number of benzene rings is 1. The van der Waals surface area contributed by atoms with Gasteiger partial charge in [0.15, 0.2) is 0 Å². The van der Waals surface area contributed by atoms with E-state index in [-0.39, 0.29) is 0 Å². The van der Waals surface area contributed by atoms with Gasteiger partial charge in [-0.1, -0.05) is 22.0 Å². The van der Waals surface area contributed by atoms with Gasteiger partial charge in [-0.2, -0.15) is 0 Å². The molecular formula is C13H19BrN2O2S. The fraction of sp³-hybridized carbons (Fsp3) is 0.538. The fourth-order valence-corrected chi connectivity index (χ4v) is 3.11. The highest BCUT2D eigenvalue weighted by Crippen LogP contribution is 2.25. The highest BCUT2D eigenvalue weighted by molar-refractivity contribution is 9.10. The summed E-state index contributed by atoms with van der Waals surface area (Å²) in [6.07, 6.45) is 2.32. The smallest absolute Gasteiger partial charge is 0.236 e. The molecule has 1 aliphatic rings. The van der Waals surface area contributed by atoms with Crippen LogP contribution in [0.5, 0.6) is 0 Å². The summed E-state index contributed by atoms with van der Waals surface area (Å²) < 4.78 is 28.0. The van der Waals surface area contributed by atoms with Crippen LogP contribution in [-0.2, 0) is 10.0 Å². The zero-order chi connectivity index (χ0) is 14.0. The quantitative estimate of drug-likeness (QED) is 0.832. The van der Waals surface area contributed by atoms with E-state index in [2.05, 4.69) is 26.0 Å². The SMILES string of the molecule is Cc1c(Br)cccc1NS(=O)(=O)C(C)CNC1CC1. The minimum Gasteiger partial charge on any atom is -0.313 e. The van der Waals surface area contributed by atoms with Gasteiger partial charge in [-0.25, -0.2) is 8.42 Å². The van der Waals surface area contributed by atoms with Crippen LogP contribution >= 0.6 is 15.9 Å². The van der Waals surface area contributed by atoms with Crippen molar-refractivity contribution in [2.45, 2.75) is 38.0 Å². The molecule has 106 valence electrons. The second-order valence-electron chi connectivity index (χ2n) is 5.05. The molecule has 1 atom stereocenters. The first-order valence-corrected chi connectivity index (χ1v) is 8.74. The molecule has 1 aliphatic carbocycles. The minimum absolute atomic E-state index is 0.452. The lowest BCUT2D eigenvalue weighted by Gasteiger charge is -2.17. The molecule has 0 aromatic heterocycles. The van der Waals surface area contributed by atoms with Gasteiger partial charge < -0.3 is 5.32 Å². The van der Waals surface area contributed by atoms with Crippen LogP contribution in [0.4, 0.5) is 5.69 Å². The fourth-order valence-electron chi connectivity index (χ4n) is 1.70. The lowest BCUT2D eigenvalue weighted by Crippen LogP contribution is -2.35. The van der Waals surface area contributed by atoms with Gasteiger partial charge in [0.05, 0.1) is 10.9 Å². The first-order chi connectivity index (χ1) is 8.90. The molecule has 1 saturated carbocycles. The van der Waals surface area contributed by atoms with Crippen LogP contribution in [0.1, 0.15) is 25.3 Å². The molecular weight excluding hydrogens is 328 g/mol. The molecule has 0 aliphatic heterocycles. The first-order valence-electron chi connectivity index (χ1n) is 6.40. The predicted molar refractivity (Wildman–Crippen MR) is 81.9 cm³/mol. The molecule has 4 nitrogen and oxygen atoms in total. The zero-order valence-corrected chi connectivity index (χ0v) is 13.5. The summed E-state index contributed by atoms with van der Waals surface area (Å²) in [4.78, 5) is 0. The standard InChI is InChI=1S/C13H19BrN2O2S/c1-9(8-15-11-6-7-11)19(17,18)16-13-5-3-4-12(14)10(13)2/h3-5,9,11,15-16H,6-8H2,1-2H3. The van der Waals surface area contributed by atoms with Crippen LogP contribution in [0.15, 0.2) is 22.7 Å². The molecule has 0 saturated heterocycles. The van der Waals surface area contributed by atoms with Gasteiger partial charge >= 0.3 is 0 Å². The Labute approximate surface area is 123 Å². The van der Waals surface area contributed by atoms with Crippen LogP contribution in [0, 0.1) is 6.92 Å². The van der Waals surface area contributed by atoms with Crippen LogP contribution in [0.25, 0.3) is 0 Å². The van der Waals surface area contributed by atoms with Gasteiger partial charge in [0.2, 0.25) is 10.0 Å². The van der Waals surface area contributed by atoms with E-state index in [1.807, 2.05) is 19.1 Å². The Bertz CT molecular complexity index is 556. The van der Waals surface area contributed by atoms with Crippen LogP contribution in [-0.4, -0.2) is 26.3 Å². The molecule has 1 unspecified atom stereocenters. The van der Waals surface area contributed by atoms with Crippen molar-refractivity contribution in [2.24, 2.45) is 0 Å². The maximum absolute atomic E-state index is 12.2. The number of halogens is 1. The highest BCUT2D eigenvalue weighted by Gasteiger charge is 2.26. The summed E-state index contributed by atoms with van der Waals surface area (Å²) in [6, 6.07) is 6.01. The van der Waals surface area contributed by atoms with E-state index in [0.717, 1.165) is 22.9 Å². The molecule has 2 N–H and O–H groups in total. The molecule has 0 radical (unpaired) electrons. The van der Waals surface area contributed by atoms with E-state index < -0.39 is 15.3 Å². The van der Waals surface area contributed by atoms with Crippen LogP contribution in [0.2, 0.25) is 0 Å². The van der Waals surface area contributed by atoms with E-state index in [4.69, 9.17) is 0 Å². The monoisotopic (exact) mass is 346 g/mol. The number of anilines is 1. The predicted octanol–water partition coefficient (Wildman–Crippen LogP) is 2.64. The molecule has 0 amide bonds. The molecule has 1 aromatic rings. The number of sulfonamides is 1. The first kappa shape index (κ1) is 14.8. The lowest BCUT2D eigenvalue weighted by molar-refractivity contribution is 0.576. The molecule has 2 rings (SSSR count). The topological polar surface area (TPSA) is 58.2 Å². The van der Waals surface area contributed by atoms with Crippen molar-refractivity contribution in [3.05, 3.63) is 28.2 Å². The van der Waals surface area contributed by atoms with Crippen molar-refractivity contribution in [3.63, 3.8) is 0 Å². The third kappa shape index (κ3) is 3.94. The van der Waals surface area contributed by atoms with E-state index in [9.17, 15) is 8.42 Å². The van der Waals surface area contributed by atoms with Gasteiger partial charge in [0, 0.05) is 17.1 Å². The Morgan fingerprint density at radius 1 is 1.42 bits per heavy atom. The lowest BCUT2D eigenvalue weighted by atomic mass is 10.2. The largest absolute Gasteiger partial charge is 0.313 e.